The van der Waals surface area contributed by atoms with Gasteiger partial charge in [-0.3, -0.25) is 19.4 Å². The third-order valence-corrected chi connectivity index (χ3v) is 6.35. The SMILES string of the molecule is CC(C)Oc1ccc(CCNC(=O)CN2CCN(CC(=O)N3CCCCC3C)CC2)cc1. The lowest BCUT2D eigenvalue weighted by Crippen LogP contribution is -2.53. The van der Waals surface area contributed by atoms with Gasteiger partial charge in [0.15, 0.2) is 0 Å². The quantitative estimate of drug-likeness (QED) is 0.632. The van der Waals surface area contributed by atoms with E-state index < -0.39 is 0 Å². The highest BCUT2D eigenvalue weighted by Gasteiger charge is 2.26. The Bertz CT molecular complexity index is 729. The lowest BCUT2D eigenvalue weighted by molar-refractivity contribution is -0.136. The van der Waals surface area contributed by atoms with Crippen LogP contribution < -0.4 is 10.1 Å². The van der Waals surface area contributed by atoms with Crippen molar-refractivity contribution in [1.29, 1.82) is 0 Å². The molecule has 0 aromatic heterocycles. The summed E-state index contributed by atoms with van der Waals surface area (Å²) in [6.45, 7) is 12.0. The molecule has 7 heteroatoms. The van der Waals surface area contributed by atoms with E-state index in [1.165, 1.54) is 12.0 Å². The molecule has 0 saturated carbocycles. The van der Waals surface area contributed by atoms with Gasteiger partial charge in [-0.25, -0.2) is 0 Å². The summed E-state index contributed by atoms with van der Waals surface area (Å²) in [6, 6.07) is 8.43. The summed E-state index contributed by atoms with van der Waals surface area (Å²) in [4.78, 5) is 31.4. The number of nitrogens with zero attached hydrogens (tertiary/aromatic N) is 3. The van der Waals surface area contributed by atoms with E-state index in [2.05, 4.69) is 34.2 Å². The number of piperidine rings is 1. The van der Waals surface area contributed by atoms with E-state index in [9.17, 15) is 9.59 Å². The maximum atomic E-state index is 12.6. The fourth-order valence-corrected chi connectivity index (χ4v) is 4.47. The molecule has 178 valence electrons. The molecule has 2 heterocycles. The number of nitrogens with one attached hydrogen (secondary N) is 1. The van der Waals surface area contributed by atoms with Crippen molar-refractivity contribution in [2.45, 2.75) is 58.6 Å². The van der Waals surface area contributed by atoms with Gasteiger partial charge < -0.3 is 15.0 Å². The van der Waals surface area contributed by atoms with Gasteiger partial charge >= 0.3 is 0 Å². The van der Waals surface area contributed by atoms with Crippen LogP contribution in [0.5, 0.6) is 5.75 Å². The van der Waals surface area contributed by atoms with Crippen LogP contribution in [0.3, 0.4) is 0 Å². The van der Waals surface area contributed by atoms with Crippen LogP contribution in [0.4, 0.5) is 0 Å². The van der Waals surface area contributed by atoms with Crippen LogP contribution >= 0.6 is 0 Å². The molecular weight excluding hydrogens is 404 g/mol. The molecule has 1 unspecified atom stereocenters. The molecule has 7 nitrogen and oxygen atoms in total. The van der Waals surface area contributed by atoms with E-state index in [0.29, 0.717) is 25.7 Å². The number of hydrogen-bond donors (Lipinski definition) is 1. The second-order valence-corrected chi connectivity index (χ2v) is 9.39. The van der Waals surface area contributed by atoms with Crippen molar-refractivity contribution in [2.75, 3.05) is 52.4 Å². The molecule has 2 aliphatic heterocycles. The Morgan fingerprint density at radius 2 is 1.66 bits per heavy atom. The van der Waals surface area contributed by atoms with Gasteiger partial charge in [0.1, 0.15) is 5.75 Å². The first-order valence-corrected chi connectivity index (χ1v) is 12.2. The van der Waals surface area contributed by atoms with Gasteiger partial charge in [-0.1, -0.05) is 12.1 Å². The lowest BCUT2D eigenvalue weighted by Gasteiger charge is -2.37. The Labute approximate surface area is 193 Å². The van der Waals surface area contributed by atoms with Crippen molar-refractivity contribution in [2.24, 2.45) is 0 Å². The van der Waals surface area contributed by atoms with Gasteiger partial charge in [-0.2, -0.15) is 0 Å². The minimum atomic E-state index is 0.0661. The van der Waals surface area contributed by atoms with Gasteiger partial charge in [-0.05, 0) is 64.2 Å². The lowest BCUT2D eigenvalue weighted by atomic mass is 10.0. The molecule has 32 heavy (non-hydrogen) atoms. The zero-order valence-electron chi connectivity index (χ0n) is 20.0. The smallest absolute Gasteiger partial charge is 0.236 e. The third-order valence-electron chi connectivity index (χ3n) is 6.35. The zero-order chi connectivity index (χ0) is 22.9. The van der Waals surface area contributed by atoms with E-state index in [4.69, 9.17) is 4.74 Å². The summed E-state index contributed by atoms with van der Waals surface area (Å²) in [6.07, 6.45) is 4.44. The van der Waals surface area contributed by atoms with Crippen molar-refractivity contribution in [3.63, 3.8) is 0 Å². The molecule has 2 amide bonds. The van der Waals surface area contributed by atoms with E-state index in [1.54, 1.807) is 0 Å². The first kappa shape index (κ1) is 24.5. The maximum Gasteiger partial charge on any atom is 0.236 e. The van der Waals surface area contributed by atoms with Crippen molar-refractivity contribution < 1.29 is 14.3 Å². The van der Waals surface area contributed by atoms with E-state index >= 15 is 0 Å². The first-order valence-electron chi connectivity index (χ1n) is 12.2. The molecule has 1 N–H and O–H groups in total. The molecule has 1 atom stereocenters. The molecule has 0 spiro atoms. The molecule has 2 fully saturated rings. The average Bonchev–Trinajstić information content (AvgIpc) is 2.76. The second kappa shape index (κ2) is 12.2. The van der Waals surface area contributed by atoms with Crippen molar-refractivity contribution in [1.82, 2.24) is 20.0 Å². The second-order valence-electron chi connectivity index (χ2n) is 9.39. The molecular formula is C25H40N4O3. The molecule has 0 bridgehead atoms. The topological polar surface area (TPSA) is 65.1 Å². The van der Waals surface area contributed by atoms with Gasteiger partial charge in [0.05, 0.1) is 19.2 Å². The monoisotopic (exact) mass is 444 g/mol. The van der Waals surface area contributed by atoms with Crippen LogP contribution in [-0.4, -0.2) is 91.0 Å². The van der Waals surface area contributed by atoms with E-state index in [-0.39, 0.29) is 17.9 Å². The van der Waals surface area contributed by atoms with Gasteiger partial charge in [0.2, 0.25) is 11.8 Å². The molecule has 1 aromatic carbocycles. The predicted molar refractivity (Wildman–Crippen MR) is 127 cm³/mol. The van der Waals surface area contributed by atoms with Gasteiger partial charge in [0.25, 0.3) is 0 Å². The van der Waals surface area contributed by atoms with Crippen molar-refractivity contribution in [3.8, 4) is 5.75 Å². The summed E-state index contributed by atoms with van der Waals surface area (Å²) in [7, 11) is 0. The third kappa shape index (κ3) is 7.78. The maximum absolute atomic E-state index is 12.6. The van der Waals surface area contributed by atoms with Crippen LogP contribution in [0, 0.1) is 0 Å². The molecule has 0 aliphatic carbocycles. The standard InChI is InChI=1S/C25H40N4O3/c1-20(2)32-23-9-7-22(8-10-23)11-12-26-24(30)18-27-14-16-28(17-15-27)19-25(31)29-13-5-4-6-21(29)3/h7-10,20-21H,4-6,11-19H2,1-3H3,(H,26,30). The highest BCUT2D eigenvalue weighted by molar-refractivity contribution is 5.79. The molecule has 1 aromatic rings. The number of rotatable bonds is 9. The highest BCUT2D eigenvalue weighted by Crippen LogP contribution is 2.17. The Balaban J connectivity index is 1.30. The van der Waals surface area contributed by atoms with Crippen LogP contribution in [-0.2, 0) is 16.0 Å². The number of benzene rings is 1. The molecule has 2 aliphatic rings. The first-order chi connectivity index (χ1) is 15.4. The van der Waals surface area contributed by atoms with Crippen LogP contribution in [0.2, 0.25) is 0 Å². The van der Waals surface area contributed by atoms with E-state index in [1.807, 2.05) is 30.9 Å². The minimum absolute atomic E-state index is 0.0661. The summed E-state index contributed by atoms with van der Waals surface area (Å²) >= 11 is 0. The number of amides is 2. The van der Waals surface area contributed by atoms with Crippen molar-refractivity contribution >= 4 is 11.8 Å². The largest absolute Gasteiger partial charge is 0.491 e. The van der Waals surface area contributed by atoms with Crippen LogP contribution in [0.1, 0.15) is 45.6 Å². The minimum Gasteiger partial charge on any atom is -0.491 e. The Hall–Kier alpha value is -2.12. The summed E-state index contributed by atoms with van der Waals surface area (Å²) in [5, 5.41) is 3.03. The summed E-state index contributed by atoms with van der Waals surface area (Å²) in [5.41, 5.74) is 1.18. The fraction of sp³-hybridized carbons (Fsp3) is 0.680. The number of carbonyl (C=O) groups is 2. The molecule has 3 rings (SSSR count). The summed E-state index contributed by atoms with van der Waals surface area (Å²) < 4.78 is 5.66. The highest BCUT2D eigenvalue weighted by atomic mass is 16.5. The van der Waals surface area contributed by atoms with E-state index in [0.717, 1.165) is 57.7 Å². The Morgan fingerprint density at radius 1 is 1.00 bits per heavy atom. The average molecular weight is 445 g/mol. The Morgan fingerprint density at radius 3 is 2.28 bits per heavy atom. The number of likely N-dealkylation sites (tertiary alicyclic amines) is 1. The number of piperazine rings is 1. The Kier molecular flexibility index (Phi) is 9.36. The van der Waals surface area contributed by atoms with Crippen molar-refractivity contribution in [3.05, 3.63) is 29.8 Å². The summed E-state index contributed by atoms with van der Waals surface area (Å²) in [5.74, 6) is 1.20. The number of carbonyl (C=O) groups excluding carboxylic acids is 2. The van der Waals surface area contributed by atoms with Crippen LogP contribution in [0.25, 0.3) is 0 Å². The number of hydrogen-bond acceptors (Lipinski definition) is 5. The predicted octanol–water partition coefficient (Wildman–Crippen LogP) is 2.15. The zero-order valence-corrected chi connectivity index (χ0v) is 20.0. The normalized spacial score (nSPS) is 20.4. The fourth-order valence-electron chi connectivity index (χ4n) is 4.47. The van der Waals surface area contributed by atoms with Gasteiger partial charge in [0, 0.05) is 45.3 Å². The number of ether oxygens (including phenoxy) is 1. The molecule has 2 saturated heterocycles. The van der Waals surface area contributed by atoms with Gasteiger partial charge in [-0.15, -0.1) is 0 Å². The molecule has 0 radical (unpaired) electrons. The van der Waals surface area contributed by atoms with Crippen LogP contribution in [0.15, 0.2) is 24.3 Å².